The average Bonchev–Trinajstić information content (AvgIpc) is 2.89. The minimum absolute atomic E-state index is 0.174. The molecule has 0 aliphatic heterocycles. The molecule has 3 nitrogen and oxygen atoms in total. The molecule has 2 aromatic carbocycles. The molecule has 3 aromatic rings. The van der Waals surface area contributed by atoms with E-state index >= 15 is 0 Å². The Morgan fingerprint density at radius 3 is 2.63 bits per heavy atom. The average molecular weight is 272 g/mol. The summed E-state index contributed by atoms with van der Waals surface area (Å²) < 4.78 is 5.30. The van der Waals surface area contributed by atoms with Gasteiger partial charge in [0, 0.05) is 22.2 Å². The van der Waals surface area contributed by atoms with Gasteiger partial charge in [-0.25, -0.2) is 0 Å². The number of phenols is 1. The van der Waals surface area contributed by atoms with E-state index in [0.29, 0.717) is 22.0 Å². The van der Waals surface area contributed by atoms with Gasteiger partial charge < -0.3 is 9.63 Å². The largest absolute Gasteiger partial charge is 0.507 e. The van der Waals surface area contributed by atoms with Gasteiger partial charge in [-0.3, -0.25) is 0 Å². The first kappa shape index (κ1) is 11.8. The first-order chi connectivity index (χ1) is 9.24. The van der Waals surface area contributed by atoms with E-state index in [-0.39, 0.29) is 5.75 Å². The van der Waals surface area contributed by atoms with Gasteiger partial charge in [-0.05, 0) is 24.3 Å². The Balaban J connectivity index is 2.03. The first-order valence-electron chi connectivity index (χ1n) is 5.75. The molecule has 0 saturated heterocycles. The monoisotopic (exact) mass is 271 g/mol. The van der Waals surface area contributed by atoms with Crippen LogP contribution in [0.3, 0.4) is 0 Å². The Labute approximate surface area is 115 Å². The van der Waals surface area contributed by atoms with Gasteiger partial charge in [0.05, 0.1) is 0 Å². The topological polar surface area (TPSA) is 46.3 Å². The van der Waals surface area contributed by atoms with Gasteiger partial charge in [0.25, 0.3) is 0 Å². The zero-order valence-corrected chi connectivity index (χ0v) is 10.6. The highest BCUT2D eigenvalue weighted by atomic mass is 35.5. The fourth-order valence-electron chi connectivity index (χ4n) is 1.87. The number of rotatable bonds is 2. The van der Waals surface area contributed by atoms with E-state index in [2.05, 4.69) is 5.16 Å². The second-order valence-electron chi connectivity index (χ2n) is 4.10. The summed E-state index contributed by atoms with van der Waals surface area (Å²) in [7, 11) is 0. The summed E-state index contributed by atoms with van der Waals surface area (Å²) >= 11 is 5.94. The van der Waals surface area contributed by atoms with Gasteiger partial charge >= 0.3 is 0 Å². The molecule has 19 heavy (non-hydrogen) atoms. The number of phenolic OH excluding ortho intramolecular Hbond substituents is 1. The van der Waals surface area contributed by atoms with Crippen molar-refractivity contribution in [1.29, 1.82) is 0 Å². The highest BCUT2D eigenvalue weighted by Gasteiger charge is 2.11. The van der Waals surface area contributed by atoms with Crippen LogP contribution < -0.4 is 0 Å². The molecule has 3 rings (SSSR count). The van der Waals surface area contributed by atoms with Gasteiger partial charge in [0.15, 0.2) is 5.76 Å². The van der Waals surface area contributed by atoms with Crippen molar-refractivity contribution in [1.82, 2.24) is 5.16 Å². The van der Waals surface area contributed by atoms with Crippen LogP contribution in [0.1, 0.15) is 0 Å². The van der Waals surface area contributed by atoms with Gasteiger partial charge in [-0.1, -0.05) is 41.0 Å². The molecule has 1 N–H and O–H groups in total. The van der Waals surface area contributed by atoms with E-state index in [4.69, 9.17) is 16.1 Å². The van der Waals surface area contributed by atoms with Crippen LogP contribution in [-0.4, -0.2) is 10.3 Å². The lowest BCUT2D eigenvalue weighted by Gasteiger charge is -1.97. The number of hydrogen-bond donors (Lipinski definition) is 1. The number of benzene rings is 2. The number of nitrogens with zero attached hydrogens (tertiary/aromatic N) is 1. The Kier molecular flexibility index (Phi) is 2.97. The molecule has 0 unspecified atom stereocenters. The first-order valence-corrected chi connectivity index (χ1v) is 6.13. The Morgan fingerprint density at radius 1 is 1.00 bits per heavy atom. The lowest BCUT2D eigenvalue weighted by molar-refractivity contribution is 0.433. The molecule has 0 bridgehead atoms. The van der Waals surface area contributed by atoms with Crippen molar-refractivity contribution in [2.24, 2.45) is 0 Å². The zero-order chi connectivity index (χ0) is 13.2. The van der Waals surface area contributed by atoms with E-state index in [1.165, 1.54) is 0 Å². The third-order valence-corrected chi connectivity index (χ3v) is 3.03. The molecule has 0 aliphatic rings. The second kappa shape index (κ2) is 4.78. The predicted molar refractivity (Wildman–Crippen MR) is 74.0 cm³/mol. The summed E-state index contributed by atoms with van der Waals surface area (Å²) in [4.78, 5) is 0. The quantitative estimate of drug-likeness (QED) is 0.753. The fourth-order valence-corrected chi connectivity index (χ4v) is 2.06. The third kappa shape index (κ3) is 2.33. The summed E-state index contributed by atoms with van der Waals surface area (Å²) in [6.45, 7) is 0. The highest BCUT2D eigenvalue weighted by molar-refractivity contribution is 6.30. The molecule has 0 fully saturated rings. The van der Waals surface area contributed by atoms with E-state index in [9.17, 15) is 5.11 Å². The predicted octanol–water partition coefficient (Wildman–Crippen LogP) is 4.37. The van der Waals surface area contributed by atoms with E-state index in [1.807, 2.05) is 18.2 Å². The summed E-state index contributed by atoms with van der Waals surface area (Å²) in [6.07, 6.45) is 0. The van der Waals surface area contributed by atoms with Gasteiger partial charge in [-0.15, -0.1) is 0 Å². The number of hydrogen-bond acceptors (Lipinski definition) is 3. The van der Waals surface area contributed by atoms with Crippen molar-refractivity contribution in [3.63, 3.8) is 0 Å². The molecule has 0 amide bonds. The maximum atomic E-state index is 9.79. The van der Waals surface area contributed by atoms with Crippen molar-refractivity contribution in [2.75, 3.05) is 0 Å². The van der Waals surface area contributed by atoms with Crippen molar-refractivity contribution in [2.45, 2.75) is 0 Å². The van der Waals surface area contributed by atoms with Crippen molar-refractivity contribution in [3.8, 4) is 28.3 Å². The SMILES string of the molecule is Oc1ccccc1-c1cc(-c2cccc(Cl)c2)on1. The van der Waals surface area contributed by atoms with Crippen LogP contribution in [0.4, 0.5) is 0 Å². The molecule has 0 atom stereocenters. The zero-order valence-electron chi connectivity index (χ0n) is 9.88. The maximum Gasteiger partial charge on any atom is 0.167 e. The van der Waals surface area contributed by atoms with E-state index in [0.717, 1.165) is 5.56 Å². The van der Waals surface area contributed by atoms with Gasteiger partial charge in [-0.2, -0.15) is 0 Å². The smallest absolute Gasteiger partial charge is 0.167 e. The molecule has 4 heteroatoms. The van der Waals surface area contributed by atoms with Crippen LogP contribution in [0.25, 0.3) is 22.6 Å². The van der Waals surface area contributed by atoms with Crippen molar-refractivity contribution in [3.05, 3.63) is 59.6 Å². The normalized spacial score (nSPS) is 10.6. The number of aromatic hydroxyl groups is 1. The third-order valence-electron chi connectivity index (χ3n) is 2.80. The molecular formula is C15H10ClNO2. The standard InChI is InChI=1S/C15H10ClNO2/c16-11-5-3-4-10(8-11)15-9-13(17-19-15)12-6-1-2-7-14(12)18/h1-9,18H. The molecule has 0 spiro atoms. The fraction of sp³-hybridized carbons (Fsp3) is 0. The molecule has 0 aliphatic carbocycles. The minimum atomic E-state index is 0.174. The molecule has 94 valence electrons. The minimum Gasteiger partial charge on any atom is -0.507 e. The van der Waals surface area contributed by atoms with Gasteiger partial charge in [0.1, 0.15) is 11.4 Å². The van der Waals surface area contributed by atoms with E-state index < -0.39 is 0 Å². The lowest BCUT2D eigenvalue weighted by atomic mass is 10.1. The summed E-state index contributed by atoms with van der Waals surface area (Å²) in [5, 5.41) is 14.4. The lowest BCUT2D eigenvalue weighted by Crippen LogP contribution is -1.77. The summed E-state index contributed by atoms with van der Waals surface area (Å²) in [6, 6.07) is 16.1. The number of aromatic nitrogens is 1. The molecular weight excluding hydrogens is 262 g/mol. The molecule has 0 radical (unpaired) electrons. The van der Waals surface area contributed by atoms with Gasteiger partial charge in [0.2, 0.25) is 0 Å². The molecule has 1 aromatic heterocycles. The Hall–Kier alpha value is -2.26. The van der Waals surface area contributed by atoms with E-state index in [1.54, 1.807) is 36.4 Å². The Morgan fingerprint density at radius 2 is 1.84 bits per heavy atom. The highest BCUT2D eigenvalue weighted by Crippen LogP contribution is 2.31. The van der Waals surface area contributed by atoms with Crippen LogP contribution in [-0.2, 0) is 0 Å². The van der Waals surface area contributed by atoms with Crippen LogP contribution in [0.15, 0.2) is 59.1 Å². The molecule has 0 saturated carbocycles. The summed E-state index contributed by atoms with van der Waals surface area (Å²) in [5.41, 5.74) is 2.08. The Bertz CT molecular complexity index is 721. The maximum absolute atomic E-state index is 9.79. The van der Waals surface area contributed by atoms with Crippen molar-refractivity contribution >= 4 is 11.6 Å². The summed E-state index contributed by atoms with van der Waals surface area (Å²) in [5.74, 6) is 0.786. The number of para-hydroxylation sites is 1. The van der Waals surface area contributed by atoms with Crippen LogP contribution in [0.2, 0.25) is 5.02 Å². The van der Waals surface area contributed by atoms with Crippen LogP contribution in [0, 0.1) is 0 Å². The second-order valence-corrected chi connectivity index (χ2v) is 4.54. The van der Waals surface area contributed by atoms with Crippen LogP contribution in [0.5, 0.6) is 5.75 Å². The van der Waals surface area contributed by atoms with Crippen molar-refractivity contribution < 1.29 is 9.63 Å². The number of halogens is 1. The van der Waals surface area contributed by atoms with Crippen LogP contribution >= 0.6 is 11.6 Å². The molecule has 1 heterocycles.